The molecule has 126 valence electrons. The Morgan fingerprint density at radius 1 is 0.958 bits per heavy atom. The first-order valence-electron chi connectivity index (χ1n) is 6.74. The first-order valence-corrected chi connectivity index (χ1v) is 8.19. The van der Waals surface area contributed by atoms with Crippen molar-refractivity contribution in [3.05, 3.63) is 56.1 Å². The van der Waals surface area contributed by atoms with Gasteiger partial charge in [-0.3, -0.25) is 20.4 Å². The highest BCUT2D eigenvalue weighted by molar-refractivity contribution is 14.1. The van der Waals surface area contributed by atoms with Gasteiger partial charge in [-0.25, -0.2) is 0 Å². The van der Waals surface area contributed by atoms with Gasteiger partial charge in [0.05, 0.1) is 19.8 Å². The Balaban J connectivity index is 2.09. The van der Waals surface area contributed by atoms with Gasteiger partial charge in [0.25, 0.3) is 11.8 Å². The van der Waals surface area contributed by atoms with Gasteiger partial charge >= 0.3 is 0 Å². The van der Waals surface area contributed by atoms with E-state index in [9.17, 15) is 9.59 Å². The van der Waals surface area contributed by atoms with Gasteiger partial charge in [0, 0.05) is 14.2 Å². The number of amides is 2. The third kappa shape index (κ3) is 4.30. The van der Waals surface area contributed by atoms with Gasteiger partial charge in [-0.05, 0) is 59.0 Å². The molecule has 0 aromatic heterocycles. The highest BCUT2D eigenvalue weighted by atomic mass is 127. The van der Waals surface area contributed by atoms with Crippen molar-refractivity contribution >= 4 is 46.0 Å². The lowest BCUT2D eigenvalue weighted by Crippen LogP contribution is -2.41. The molecule has 24 heavy (non-hydrogen) atoms. The van der Waals surface area contributed by atoms with E-state index in [-0.39, 0.29) is 0 Å². The Labute approximate surface area is 157 Å². The van der Waals surface area contributed by atoms with Crippen LogP contribution in [-0.2, 0) is 0 Å². The summed E-state index contributed by atoms with van der Waals surface area (Å²) < 4.78 is 11.0. The molecule has 0 unspecified atom stereocenters. The normalized spacial score (nSPS) is 10.0. The molecular weight excluding hydrogens is 447 g/mol. The lowest BCUT2D eigenvalue weighted by Gasteiger charge is -2.12. The number of ether oxygens (including phenoxy) is 2. The summed E-state index contributed by atoms with van der Waals surface area (Å²) >= 11 is 7.78. The van der Waals surface area contributed by atoms with E-state index < -0.39 is 11.8 Å². The monoisotopic (exact) mass is 460 g/mol. The zero-order chi connectivity index (χ0) is 17.7. The molecule has 2 rings (SSSR count). The number of nitrogens with one attached hydrogen (secondary N) is 2. The average Bonchev–Trinajstić information content (AvgIpc) is 2.59. The van der Waals surface area contributed by atoms with Gasteiger partial charge in [-0.2, -0.15) is 0 Å². The summed E-state index contributed by atoms with van der Waals surface area (Å²) in [5, 5.41) is 0.524. The van der Waals surface area contributed by atoms with Gasteiger partial charge in [-0.1, -0.05) is 11.6 Å². The van der Waals surface area contributed by atoms with Crippen molar-refractivity contribution in [2.45, 2.75) is 0 Å². The maximum Gasteiger partial charge on any atom is 0.270 e. The predicted molar refractivity (Wildman–Crippen MR) is 98.6 cm³/mol. The van der Waals surface area contributed by atoms with Crippen LogP contribution in [-0.4, -0.2) is 26.0 Å². The number of benzene rings is 2. The minimum atomic E-state index is -0.470. The fraction of sp³-hybridized carbons (Fsp3) is 0.125. The summed E-state index contributed by atoms with van der Waals surface area (Å²) in [6.07, 6.45) is 0. The SMILES string of the molecule is COc1cc(I)c(C(=O)NNC(=O)c2ccc(Cl)cc2)cc1OC. The average molecular weight is 461 g/mol. The topological polar surface area (TPSA) is 76.7 Å². The summed E-state index contributed by atoms with van der Waals surface area (Å²) in [4.78, 5) is 24.3. The van der Waals surface area contributed by atoms with Crippen LogP contribution in [0.4, 0.5) is 0 Å². The third-order valence-corrected chi connectivity index (χ3v) is 4.26. The van der Waals surface area contributed by atoms with E-state index in [1.165, 1.54) is 14.2 Å². The van der Waals surface area contributed by atoms with E-state index in [2.05, 4.69) is 10.9 Å². The molecular formula is C16H14ClIN2O4. The molecule has 0 aliphatic rings. The summed E-state index contributed by atoms with van der Waals surface area (Å²) in [5.74, 6) is 0.0221. The van der Waals surface area contributed by atoms with Crippen LogP contribution in [0.2, 0.25) is 5.02 Å². The molecule has 0 aliphatic carbocycles. The molecule has 0 saturated heterocycles. The minimum Gasteiger partial charge on any atom is -0.493 e. The fourth-order valence-electron chi connectivity index (χ4n) is 1.88. The van der Waals surface area contributed by atoms with Crippen LogP contribution in [0.1, 0.15) is 20.7 Å². The minimum absolute atomic E-state index is 0.352. The molecule has 0 aliphatic heterocycles. The molecule has 2 aromatic rings. The second-order valence-electron chi connectivity index (χ2n) is 4.60. The standard InChI is InChI=1S/C16H14ClIN2O4/c1-23-13-7-11(12(18)8-14(13)24-2)16(22)20-19-15(21)9-3-5-10(17)6-4-9/h3-8H,1-2H3,(H,19,21)(H,20,22). The maximum absolute atomic E-state index is 12.3. The Kier molecular flexibility index (Phi) is 6.27. The number of hydrogen-bond acceptors (Lipinski definition) is 4. The molecule has 8 heteroatoms. The van der Waals surface area contributed by atoms with Crippen LogP contribution in [0.5, 0.6) is 11.5 Å². The lowest BCUT2D eigenvalue weighted by molar-refractivity contribution is 0.0846. The number of hydrazine groups is 1. The van der Waals surface area contributed by atoms with Crippen LogP contribution >= 0.6 is 34.2 Å². The van der Waals surface area contributed by atoms with Gasteiger partial charge in [0.1, 0.15) is 0 Å². The lowest BCUT2D eigenvalue weighted by atomic mass is 10.2. The van der Waals surface area contributed by atoms with Crippen molar-refractivity contribution in [1.29, 1.82) is 0 Å². The molecule has 6 nitrogen and oxygen atoms in total. The first-order chi connectivity index (χ1) is 11.5. The highest BCUT2D eigenvalue weighted by Gasteiger charge is 2.16. The van der Waals surface area contributed by atoms with Crippen LogP contribution in [0.3, 0.4) is 0 Å². The Bertz CT molecular complexity index is 765. The van der Waals surface area contributed by atoms with E-state index in [1.54, 1.807) is 36.4 Å². The van der Waals surface area contributed by atoms with Crippen molar-refractivity contribution in [1.82, 2.24) is 10.9 Å². The van der Waals surface area contributed by atoms with E-state index in [0.717, 1.165) is 0 Å². The predicted octanol–water partition coefficient (Wildman–Crippen LogP) is 3.04. The van der Waals surface area contributed by atoms with Crippen LogP contribution in [0, 0.1) is 3.57 Å². The second-order valence-corrected chi connectivity index (χ2v) is 6.20. The van der Waals surface area contributed by atoms with E-state index in [0.29, 0.717) is 31.2 Å². The summed E-state index contributed by atoms with van der Waals surface area (Å²) in [5.41, 5.74) is 5.45. The van der Waals surface area contributed by atoms with Gasteiger partial charge < -0.3 is 9.47 Å². The van der Waals surface area contributed by atoms with E-state index in [4.69, 9.17) is 21.1 Å². The summed E-state index contributed by atoms with van der Waals surface area (Å²) in [6, 6.07) is 9.53. The van der Waals surface area contributed by atoms with E-state index >= 15 is 0 Å². The maximum atomic E-state index is 12.3. The number of rotatable bonds is 4. The van der Waals surface area contributed by atoms with Gasteiger partial charge in [0.15, 0.2) is 11.5 Å². The summed E-state index contributed by atoms with van der Waals surface area (Å²) in [7, 11) is 2.99. The second kappa shape index (κ2) is 8.20. The number of carbonyl (C=O) groups excluding carboxylic acids is 2. The number of methoxy groups -OCH3 is 2. The number of halogens is 2. The molecule has 2 amide bonds. The molecule has 0 heterocycles. The van der Waals surface area contributed by atoms with Crippen molar-refractivity contribution < 1.29 is 19.1 Å². The molecule has 0 bridgehead atoms. The van der Waals surface area contributed by atoms with Gasteiger partial charge in [0.2, 0.25) is 0 Å². The largest absolute Gasteiger partial charge is 0.493 e. The van der Waals surface area contributed by atoms with Crippen molar-refractivity contribution in [2.24, 2.45) is 0 Å². The van der Waals surface area contributed by atoms with Gasteiger partial charge in [-0.15, -0.1) is 0 Å². The van der Waals surface area contributed by atoms with Crippen molar-refractivity contribution in [3.63, 3.8) is 0 Å². The van der Waals surface area contributed by atoms with Crippen LogP contribution in [0.15, 0.2) is 36.4 Å². The molecule has 0 saturated carbocycles. The van der Waals surface area contributed by atoms with Crippen molar-refractivity contribution in [3.8, 4) is 11.5 Å². The Morgan fingerprint density at radius 2 is 1.50 bits per heavy atom. The molecule has 0 fully saturated rings. The quantitative estimate of drug-likeness (QED) is 0.543. The van der Waals surface area contributed by atoms with Crippen LogP contribution in [0.25, 0.3) is 0 Å². The zero-order valence-electron chi connectivity index (χ0n) is 12.9. The fourth-order valence-corrected chi connectivity index (χ4v) is 2.69. The highest BCUT2D eigenvalue weighted by Crippen LogP contribution is 2.31. The zero-order valence-corrected chi connectivity index (χ0v) is 15.8. The molecule has 0 spiro atoms. The van der Waals surface area contributed by atoms with Crippen LogP contribution < -0.4 is 20.3 Å². The van der Waals surface area contributed by atoms with E-state index in [1.807, 2.05) is 22.6 Å². The first kappa shape index (κ1) is 18.3. The smallest absolute Gasteiger partial charge is 0.270 e. The molecule has 0 atom stereocenters. The Hall–Kier alpha value is -2.00. The third-order valence-electron chi connectivity index (χ3n) is 3.11. The Morgan fingerprint density at radius 3 is 2.08 bits per heavy atom. The number of carbonyl (C=O) groups is 2. The van der Waals surface area contributed by atoms with Crippen molar-refractivity contribution in [2.75, 3.05) is 14.2 Å². The number of hydrogen-bond donors (Lipinski definition) is 2. The molecule has 2 aromatic carbocycles. The molecule has 0 radical (unpaired) electrons. The molecule has 2 N–H and O–H groups in total. The summed E-state index contributed by atoms with van der Waals surface area (Å²) in [6.45, 7) is 0.